The Morgan fingerprint density at radius 3 is 2.05 bits per heavy atom. The molecular weight excluding hydrogens is 323 g/mol. The van der Waals surface area contributed by atoms with Gasteiger partial charge in [-0.25, -0.2) is 4.39 Å². The molecule has 8 heteroatoms. The van der Waals surface area contributed by atoms with Gasteiger partial charge in [0.1, 0.15) is 5.82 Å². The summed E-state index contributed by atoms with van der Waals surface area (Å²) in [6, 6.07) is 10.1. The summed E-state index contributed by atoms with van der Waals surface area (Å²) in [5, 5.41) is -0.258. The SMILES string of the molecule is O=P(O)(O[C@H](c1ccc(F)cc1)C(F)(F)F)c1ccccc1. The second-order valence-electron chi connectivity index (χ2n) is 4.43. The van der Waals surface area contributed by atoms with Gasteiger partial charge in [-0.1, -0.05) is 30.3 Å². The smallest absolute Gasteiger partial charge is 0.321 e. The first-order valence-corrected chi connectivity index (χ1v) is 7.67. The number of alkyl halides is 3. The number of hydrogen-bond donors (Lipinski definition) is 1. The van der Waals surface area contributed by atoms with Gasteiger partial charge in [-0.15, -0.1) is 0 Å². The molecule has 1 N–H and O–H groups in total. The minimum atomic E-state index is -4.93. The van der Waals surface area contributed by atoms with Crippen LogP contribution in [0.3, 0.4) is 0 Å². The normalized spacial score (nSPS) is 16.0. The first-order chi connectivity index (χ1) is 10.2. The van der Waals surface area contributed by atoms with Crippen molar-refractivity contribution in [3.63, 3.8) is 0 Å². The number of halogens is 4. The Hall–Kier alpha value is -1.69. The van der Waals surface area contributed by atoms with E-state index >= 15 is 0 Å². The Morgan fingerprint density at radius 2 is 1.55 bits per heavy atom. The zero-order valence-electron chi connectivity index (χ0n) is 11.0. The maximum Gasteiger partial charge on any atom is 0.419 e. The van der Waals surface area contributed by atoms with Crippen molar-refractivity contribution in [2.24, 2.45) is 0 Å². The molecule has 3 nitrogen and oxygen atoms in total. The van der Waals surface area contributed by atoms with Crippen LogP contribution in [0.2, 0.25) is 0 Å². The van der Waals surface area contributed by atoms with Gasteiger partial charge in [0.05, 0.1) is 5.30 Å². The molecule has 118 valence electrons. The van der Waals surface area contributed by atoms with Crippen LogP contribution in [0.5, 0.6) is 0 Å². The summed E-state index contributed by atoms with van der Waals surface area (Å²) in [6.45, 7) is 0. The summed E-state index contributed by atoms with van der Waals surface area (Å²) >= 11 is 0. The van der Waals surface area contributed by atoms with Crippen molar-refractivity contribution in [2.75, 3.05) is 0 Å². The maximum absolute atomic E-state index is 13.1. The predicted octanol–water partition coefficient (Wildman–Crippen LogP) is 3.96. The molecule has 0 aromatic heterocycles. The molecule has 2 rings (SSSR count). The molecule has 0 amide bonds. The fourth-order valence-electron chi connectivity index (χ4n) is 1.77. The molecular formula is C14H11F4O3P. The lowest BCUT2D eigenvalue weighted by molar-refractivity contribution is -0.199. The molecule has 0 spiro atoms. The van der Waals surface area contributed by atoms with Gasteiger partial charge in [0, 0.05) is 0 Å². The Balaban J connectivity index is 2.36. The third kappa shape index (κ3) is 3.94. The lowest BCUT2D eigenvalue weighted by Gasteiger charge is -2.24. The minimum Gasteiger partial charge on any atom is -0.321 e. The molecule has 2 aromatic carbocycles. The largest absolute Gasteiger partial charge is 0.419 e. The fraction of sp³-hybridized carbons (Fsp3) is 0.143. The quantitative estimate of drug-likeness (QED) is 0.680. The van der Waals surface area contributed by atoms with E-state index in [1.54, 1.807) is 6.07 Å². The highest BCUT2D eigenvalue weighted by atomic mass is 31.2. The van der Waals surface area contributed by atoms with E-state index in [9.17, 15) is 27.0 Å². The average molecular weight is 334 g/mol. The molecule has 0 saturated heterocycles. The van der Waals surface area contributed by atoms with E-state index in [1.165, 1.54) is 24.3 Å². The molecule has 2 atom stereocenters. The van der Waals surface area contributed by atoms with Gasteiger partial charge in [0.25, 0.3) is 0 Å². The zero-order chi connectivity index (χ0) is 16.4. The highest BCUT2D eigenvalue weighted by Gasteiger charge is 2.46. The van der Waals surface area contributed by atoms with Crippen LogP contribution in [0.25, 0.3) is 0 Å². The maximum atomic E-state index is 13.1. The summed E-state index contributed by atoms with van der Waals surface area (Å²) in [4.78, 5) is 9.79. The van der Waals surface area contributed by atoms with Crippen LogP contribution >= 0.6 is 7.60 Å². The lowest BCUT2D eigenvalue weighted by atomic mass is 10.1. The number of hydrogen-bond acceptors (Lipinski definition) is 2. The van der Waals surface area contributed by atoms with E-state index in [2.05, 4.69) is 4.52 Å². The third-order valence-corrected chi connectivity index (χ3v) is 4.25. The lowest BCUT2D eigenvalue weighted by Crippen LogP contribution is -2.24. The van der Waals surface area contributed by atoms with Gasteiger partial charge >= 0.3 is 13.8 Å². The van der Waals surface area contributed by atoms with Crippen molar-refractivity contribution in [3.8, 4) is 0 Å². The average Bonchev–Trinajstić information content (AvgIpc) is 2.46. The molecule has 1 unspecified atom stereocenters. The van der Waals surface area contributed by atoms with Crippen LogP contribution in [-0.2, 0) is 9.09 Å². The zero-order valence-corrected chi connectivity index (χ0v) is 11.9. The Bertz CT molecular complexity index is 671. The predicted molar refractivity (Wildman–Crippen MR) is 72.2 cm³/mol. The topological polar surface area (TPSA) is 46.5 Å². The van der Waals surface area contributed by atoms with Crippen LogP contribution in [-0.4, -0.2) is 11.1 Å². The molecule has 0 bridgehead atoms. The summed E-state index contributed by atoms with van der Waals surface area (Å²) in [5.74, 6) is -0.722. The van der Waals surface area contributed by atoms with Crippen LogP contribution < -0.4 is 5.30 Å². The van der Waals surface area contributed by atoms with Crippen molar-refractivity contribution in [1.82, 2.24) is 0 Å². The van der Waals surface area contributed by atoms with Crippen molar-refractivity contribution in [2.45, 2.75) is 12.3 Å². The molecule has 0 fully saturated rings. The van der Waals surface area contributed by atoms with Crippen LogP contribution in [0.1, 0.15) is 11.7 Å². The van der Waals surface area contributed by atoms with Crippen molar-refractivity contribution in [3.05, 3.63) is 66.0 Å². The first kappa shape index (κ1) is 16.7. The Labute approximate surface area is 123 Å². The molecule has 0 aliphatic heterocycles. The monoisotopic (exact) mass is 334 g/mol. The summed E-state index contributed by atoms with van der Waals surface area (Å²) in [6.07, 6.45) is -7.56. The standard InChI is InChI=1S/C14H11F4O3P/c15-11-8-6-10(7-9-11)13(14(16,17)18)21-22(19,20)12-4-2-1-3-5-12/h1-9,13H,(H,19,20)/t13-/m1/s1. The van der Waals surface area contributed by atoms with Gasteiger partial charge in [0.2, 0.25) is 0 Å². The third-order valence-electron chi connectivity index (χ3n) is 2.80. The second kappa shape index (κ2) is 6.20. The van der Waals surface area contributed by atoms with Crippen molar-refractivity contribution < 1.29 is 31.5 Å². The molecule has 0 aliphatic rings. The first-order valence-electron chi connectivity index (χ1n) is 6.09. The fourth-order valence-corrected chi connectivity index (χ4v) is 2.96. The van der Waals surface area contributed by atoms with E-state index in [0.717, 1.165) is 24.3 Å². The van der Waals surface area contributed by atoms with E-state index in [1.807, 2.05) is 0 Å². The van der Waals surface area contributed by atoms with E-state index in [4.69, 9.17) is 0 Å². The molecule has 22 heavy (non-hydrogen) atoms. The van der Waals surface area contributed by atoms with Gasteiger partial charge in [-0.05, 0) is 29.8 Å². The van der Waals surface area contributed by atoms with Gasteiger partial charge in [-0.2, -0.15) is 13.2 Å². The van der Waals surface area contributed by atoms with Gasteiger partial charge in [-0.3, -0.25) is 9.09 Å². The Morgan fingerprint density at radius 1 is 1.00 bits per heavy atom. The van der Waals surface area contributed by atoms with Gasteiger partial charge in [0.15, 0.2) is 6.10 Å². The molecule has 2 aromatic rings. The van der Waals surface area contributed by atoms with Crippen molar-refractivity contribution in [1.29, 1.82) is 0 Å². The van der Waals surface area contributed by atoms with Crippen LogP contribution in [0.15, 0.2) is 54.6 Å². The van der Waals surface area contributed by atoms with Crippen LogP contribution in [0, 0.1) is 5.82 Å². The number of benzene rings is 2. The minimum absolute atomic E-state index is 0.258. The summed E-state index contributed by atoms with van der Waals surface area (Å²) < 4.78 is 68.7. The Kier molecular flexibility index (Phi) is 4.70. The molecule has 0 saturated carbocycles. The number of rotatable bonds is 4. The highest BCUT2D eigenvalue weighted by Crippen LogP contribution is 2.50. The van der Waals surface area contributed by atoms with E-state index < -0.39 is 31.3 Å². The molecule has 0 aliphatic carbocycles. The molecule has 0 radical (unpaired) electrons. The second-order valence-corrected chi connectivity index (χ2v) is 6.20. The van der Waals surface area contributed by atoms with Crippen LogP contribution in [0.4, 0.5) is 17.6 Å². The highest BCUT2D eigenvalue weighted by molar-refractivity contribution is 7.61. The van der Waals surface area contributed by atoms with E-state index in [-0.39, 0.29) is 5.30 Å². The molecule has 0 heterocycles. The summed E-state index contributed by atoms with van der Waals surface area (Å²) in [5.41, 5.74) is -0.459. The van der Waals surface area contributed by atoms with Gasteiger partial charge < -0.3 is 4.89 Å². The van der Waals surface area contributed by atoms with E-state index in [0.29, 0.717) is 0 Å². The van der Waals surface area contributed by atoms with Crippen molar-refractivity contribution >= 4 is 12.9 Å². The summed E-state index contributed by atoms with van der Waals surface area (Å²) in [7, 11) is -4.69.